The lowest BCUT2D eigenvalue weighted by atomic mass is 9.73. The molecule has 0 aromatic rings. The Balaban J connectivity index is 1.80. The van der Waals surface area contributed by atoms with Crippen molar-refractivity contribution in [1.82, 2.24) is 0 Å². The molecule has 0 radical (unpaired) electrons. The molecule has 3 fully saturated rings. The van der Waals surface area contributed by atoms with E-state index in [9.17, 15) is 0 Å². The van der Waals surface area contributed by atoms with E-state index >= 15 is 0 Å². The Morgan fingerprint density at radius 1 is 1.05 bits per heavy atom. The molecular weight excluding hydrogens is 256 g/mol. The molecule has 6 atom stereocenters. The summed E-state index contributed by atoms with van der Waals surface area (Å²) in [5.41, 5.74) is 0. The Kier molecular flexibility index (Phi) is 2.60. The Morgan fingerprint density at radius 3 is 2.42 bits per heavy atom. The van der Waals surface area contributed by atoms with Gasteiger partial charge in [-0.2, -0.15) is 0 Å². The predicted octanol–water partition coefficient (Wildman–Crippen LogP) is 2.86. The van der Waals surface area contributed by atoms with Gasteiger partial charge in [0.05, 0.1) is 5.04 Å². The first kappa shape index (κ1) is 12.6. The van der Waals surface area contributed by atoms with Crippen LogP contribution in [-0.4, -0.2) is 30.1 Å². The van der Waals surface area contributed by atoms with Crippen molar-refractivity contribution in [3.05, 3.63) is 12.2 Å². The van der Waals surface area contributed by atoms with Crippen molar-refractivity contribution in [2.75, 3.05) is 21.3 Å². The molecule has 0 saturated heterocycles. The molecule has 0 amide bonds. The lowest BCUT2D eigenvalue weighted by Crippen LogP contribution is -2.56. The SMILES string of the molecule is CO[Si](OC)(OC)C12C=CC(C1)C1C3CCC(C3)C12. The van der Waals surface area contributed by atoms with Gasteiger partial charge in [0.2, 0.25) is 0 Å². The maximum Gasteiger partial charge on any atom is 0.510 e. The minimum absolute atomic E-state index is 0.0699. The van der Waals surface area contributed by atoms with Gasteiger partial charge in [0.25, 0.3) is 0 Å². The molecule has 4 aliphatic rings. The van der Waals surface area contributed by atoms with Crippen LogP contribution in [0.15, 0.2) is 12.2 Å². The van der Waals surface area contributed by atoms with Gasteiger partial charge in [0.15, 0.2) is 0 Å². The van der Waals surface area contributed by atoms with E-state index in [1.54, 1.807) is 21.3 Å². The fourth-order valence-corrected chi connectivity index (χ4v) is 9.56. The molecule has 19 heavy (non-hydrogen) atoms. The van der Waals surface area contributed by atoms with Crippen LogP contribution >= 0.6 is 0 Å². The molecule has 0 aromatic heterocycles. The first-order valence-electron chi connectivity index (χ1n) is 7.56. The zero-order valence-electron chi connectivity index (χ0n) is 12.1. The molecule has 4 aliphatic carbocycles. The molecule has 0 N–H and O–H groups in total. The first-order chi connectivity index (χ1) is 9.21. The first-order valence-corrected chi connectivity index (χ1v) is 9.28. The predicted molar refractivity (Wildman–Crippen MR) is 74.5 cm³/mol. The van der Waals surface area contributed by atoms with Crippen LogP contribution in [0.5, 0.6) is 0 Å². The highest BCUT2D eigenvalue weighted by Crippen LogP contribution is 2.75. The average Bonchev–Trinajstić information content (AvgIpc) is 3.20. The maximum absolute atomic E-state index is 5.90. The van der Waals surface area contributed by atoms with Gasteiger partial charge in [-0.15, -0.1) is 0 Å². The Hall–Kier alpha value is -0.163. The van der Waals surface area contributed by atoms with Gasteiger partial charge in [-0.05, 0) is 55.3 Å². The average molecular weight is 280 g/mol. The molecular formula is C15H24O3Si. The van der Waals surface area contributed by atoms with Crippen molar-refractivity contribution < 1.29 is 13.3 Å². The second-order valence-electron chi connectivity index (χ2n) is 6.87. The highest BCUT2D eigenvalue weighted by Gasteiger charge is 2.74. The van der Waals surface area contributed by atoms with Crippen molar-refractivity contribution in [3.8, 4) is 0 Å². The van der Waals surface area contributed by atoms with Crippen molar-refractivity contribution in [2.24, 2.45) is 29.6 Å². The fourth-order valence-electron chi connectivity index (χ4n) is 6.30. The Morgan fingerprint density at radius 2 is 1.74 bits per heavy atom. The second kappa shape index (κ2) is 3.94. The third-order valence-corrected chi connectivity index (χ3v) is 10.1. The van der Waals surface area contributed by atoms with E-state index in [1.165, 1.54) is 25.7 Å². The van der Waals surface area contributed by atoms with E-state index in [0.717, 1.165) is 29.6 Å². The summed E-state index contributed by atoms with van der Waals surface area (Å²) in [4.78, 5) is 0. The third kappa shape index (κ3) is 1.25. The van der Waals surface area contributed by atoms with Gasteiger partial charge in [0.1, 0.15) is 0 Å². The summed E-state index contributed by atoms with van der Waals surface area (Å²) in [5.74, 6) is 4.25. The van der Waals surface area contributed by atoms with Gasteiger partial charge in [0, 0.05) is 21.3 Å². The van der Waals surface area contributed by atoms with Crippen LogP contribution in [0.25, 0.3) is 0 Å². The smallest absolute Gasteiger partial charge is 0.376 e. The van der Waals surface area contributed by atoms with Gasteiger partial charge >= 0.3 is 8.80 Å². The molecule has 106 valence electrons. The normalized spacial score (nSPS) is 50.2. The van der Waals surface area contributed by atoms with E-state index in [1.807, 2.05) is 0 Å². The van der Waals surface area contributed by atoms with E-state index in [-0.39, 0.29) is 5.04 Å². The van der Waals surface area contributed by atoms with Crippen LogP contribution in [0.1, 0.15) is 25.7 Å². The van der Waals surface area contributed by atoms with Gasteiger partial charge < -0.3 is 13.3 Å². The summed E-state index contributed by atoms with van der Waals surface area (Å²) in [6, 6.07) is 0. The van der Waals surface area contributed by atoms with Crippen molar-refractivity contribution >= 4 is 8.80 Å². The highest BCUT2D eigenvalue weighted by atomic mass is 28.4. The molecule has 4 heteroatoms. The zero-order valence-corrected chi connectivity index (χ0v) is 13.1. The lowest BCUT2D eigenvalue weighted by molar-refractivity contribution is 0.0756. The summed E-state index contributed by atoms with van der Waals surface area (Å²) in [6.45, 7) is 0. The molecule has 0 aromatic carbocycles. The van der Waals surface area contributed by atoms with Gasteiger partial charge in [-0.1, -0.05) is 12.2 Å². The molecule has 0 spiro atoms. The lowest BCUT2D eigenvalue weighted by Gasteiger charge is -2.46. The zero-order chi connectivity index (χ0) is 13.3. The van der Waals surface area contributed by atoms with Crippen molar-refractivity contribution in [3.63, 3.8) is 0 Å². The third-order valence-electron chi connectivity index (χ3n) is 6.66. The van der Waals surface area contributed by atoms with E-state index < -0.39 is 8.80 Å². The second-order valence-corrected chi connectivity index (χ2v) is 10.1. The topological polar surface area (TPSA) is 27.7 Å². The van der Waals surface area contributed by atoms with Crippen LogP contribution in [0.3, 0.4) is 0 Å². The Bertz CT molecular complexity index is 411. The summed E-state index contributed by atoms with van der Waals surface area (Å²) in [5, 5.41) is 0.0699. The minimum atomic E-state index is -2.60. The van der Waals surface area contributed by atoms with Crippen LogP contribution in [0.4, 0.5) is 0 Å². The number of allylic oxidation sites excluding steroid dienone is 2. The number of rotatable bonds is 4. The van der Waals surface area contributed by atoms with Crippen LogP contribution < -0.4 is 0 Å². The minimum Gasteiger partial charge on any atom is -0.376 e. The number of hydrogen-bond donors (Lipinski definition) is 0. The van der Waals surface area contributed by atoms with E-state index in [0.29, 0.717) is 0 Å². The Labute approximate surface area is 116 Å². The highest BCUT2D eigenvalue weighted by molar-refractivity contribution is 6.65. The van der Waals surface area contributed by atoms with Crippen molar-refractivity contribution in [2.45, 2.75) is 30.7 Å². The monoisotopic (exact) mass is 280 g/mol. The van der Waals surface area contributed by atoms with E-state index in [2.05, 4.69) is 12.2 Å². The van der Waals surface area contributed by atoms with Crippen LogP contribution in [-0.2, 0) is 13.3 Å². The van der Waals surface area contributed by atoms with E-state index in [4.69, 9.17) is 13.3 Å². The summed E-state index contributed by atoms with van der Waals surface area (Å²) in [7, 11) is 2.72. The maximum atomic E-state index is 5.90. The molecule has 6 unspecified atom stereocenters. The summed E-state index contributed by atoms with van der Waals surface area (Å²) < 4.78 is 17.7. The van der Waals surface area contributed by atoms with Crippen molar-refractivity contribution in [1.29, 1.82) is 0 Å². The summed E-state index contributed by atoms with van der Waals surface area (Å²) in [6.07, 6.45) is 10.4. The molecule has 4 rings (SSSR count). The van der Waals surface area contributed by atoms with Crippen LogP contribution in [0.2, 0.25) is 5.04 Å². The molecule has 0 heterocycles. The number of fused-ring (bicyclic) bond motifs is 9. The molecule has 0 aliphatic heterocycles. The molecule has 3 nitrogen and oxygen atoms in total. The van der Waals surface area contributed by atoms with Gasteiger partial charge in [-0.25, -0.2) is 0 Å². The number of hydrogen-bond acceptors (Lipinski definition) is 3. The molecule has 4 bridgehead atoms. The van der Waals surface area contributed by atoms with Crippen LogP contribution in [0, 0.1) is 29.6 Å². The quantitative estimate of drug-likeness (QED) is 0.450. The van der Waals surface area contributed by atoms with Gasteiger partial charge in [-0.3, -0.25) is 0 Å². The summed E-state index contributed by atoms with van der Waals surface area (Å²) >= 11 is 0. The molecule has 3 saturated carbocycles. The fraction of sp³-hybridized carbons (Fsp3) is 0.867. The largest absolute Gasteiger partial charge is 0.510 e. The standard InChI is InChI=1S/C15H24O3Si/c1-16-19(17-2,18-3)15-7-6-12(9-15)13-10-4-5-11(8-10)14(13)15/h6-7,10-14H,4-5,8-9H2,1-3H3.